The van der Waals surface area contributed by atoms with Crippen LogP contribution in [-0.4, -0.2) is 28.8 Å². The fourth-order valence-corrected chi connectivity index (χ4v) is 3.79. The number of aromatic nitrogens is 1. The second-order valence-electron chi connectivity index (χ2n) is 8.15. The number of rotatable bonds is 10. The van der Waals surface area contributed by atoms with Gasteiger partial charge in [0.1, 0.15) is 12.4 Å². The zero-order valence-corrected chi connectivity index (χ0v) is 19.8. The first-order chi connectivity index (χ1) is 17.5. The molecule has 0 saturated heterocycles. The molecule has 0 aliphatic rings. The molecule has 1 amide bonds. The summed E-state index contributed by atoms with van der Waals surface area (Å²) in [6, 6.07) is 24.4. The minimum atomic E-state index is -0.637. The Hall–Kier alpha value is -4.65. The van der Waals surface area contributed by atoms with Gasteiger partial charge < -0.3 is 25.3 Å². The maximum atomic E-state index is 13.3. The minimum absolute atomic E-state index is 0.0448. The van der Waals surface area contributed by atoms with Gasteiger partial charge in [-0.2, -0.15) is 0 Å². The molecule has 1 atom stereocenters. The molecule has 0 fully saturated rings. The molecule has 0 saturated carbocycles. The van der Waals surface area contributed by atoms with Gasteiger partial charge in [0.05, 0.1) is 13.2 Å². The second kappa shape index (κ2) is 11.7. The number of carbonyl (C=O) groups excluding carboxylic acids is 1. The molecule has 7 nitrogen and oxygen atoms in total. The Balaban J connectivity index is 1.56. The van der Waals surface area contributed by atoms with Crippen LogP contribution in [0.15, 0.2) is 97.3 Å². The first-order valence-electron chi connectivity index (χ1n) is 11.5. The number of phenols is 1. The number of phenolic OH excluding ortho intramolecular Hbond substituents is 1. The average molecular weight is 482 g/mol. The van der Waals surface area contributed by atoms with Crippen LogP contribution in [0.5, 0.6) is 17.2 Å². The van der Waals surface area contributed by atoms with Gasteiger partial charge in [-0.25, -0.2) is 0 Å². The molecule has 1 unspecified atom stereocenters. The Labute approximate surface area is 209 Å². The summed E-state index contributed by atoms with van der Waals surface area (Å²) >= 11 is 0. The normalized spacial score (nSPS) is 11.4. The van der Waals surface area contributed by atoms with Gasteiger partial charge in [-0.3, -0.25) is 9.78 Å². The molecule has 36 heavy (non-hydrogen) atoms. The fourth-order valence-electron chi connectivity index (χ4n) is 3.79. The van der Waals surface area contributed by atoms with Gasteiger partial charge in [0.15, 0.2) is 11.5 Å². The van der Waals surface area contributed by atoms with Crippen LogP contribution in [0.3, 0.4) is 0 Å². The van der Waals surface area contributed by atoms with E-state index in [2.05, 4.69) is 10.3 Å². The highest BCUT2D eigenvalue weighted by Gasteiger charge is 2.22. The topological polar surface area (TPSA) is 105 Å². The first kappa shape index (κ1) is 24.5. The van der Waals surface area contributed by atoms with Crippen molar-refractivity contribution in [3.05, 3.63) is 120 Å². The van der Waals surface area contributed by atoms with Crippen molar-refractivity contribution in [2.45, 2.75) is 19.1 Å². The Morgan fingerprint density at radius 3 is 2.47 bits per heavy atom. The van der Waals surface area contributed by atoms with Gasteiger partial charge in [0.25, 0.3) is 5.91 Å². The van der Waals surface area contributed by atoms with E-state index in [9.17, 15) is 9.90 Å². The van der Waals surface area contributed by atoms with Crippen LogP contribution in [0.25, 0.3) is 0 Å². The number of amides is 1. The number of pyridine rings is 1. The number of nitrogens with zero attached hydrogens (tertiary/aromatic N) is 1. The van der Waals surface area contributed by atoms with E-state index in [0.717, 1.165) is 5.56 Å². The zero-order valence-electron chi connectivity index (χ0n) is 19.8. The Bertz CT molecular complexity index is 1330. The number of carbonyl (C=O) groups is 1. The number of hydrogen-bond acceptors (Lipinski definition) is 6. The lowest BCUT2D eigenvalue weighted by Gasteiger charge is -2.21. The highest BCUT2D eigenvalue weighted by Crippen LogP contribution is 2.31. The van der Waals surface area contributed by atoms with Gasteiger partial charge in [0.2, 0.25) is 0 Å². The lowest BCUT2D eigenvalue weighted by Crippen LogP contribution is -2.30. The average Bonchev–Trinajstić information content (AvgIpc) is 2.92. The summed E-state index contributed by atoms with van der Waals surface area (Å²) in [7, 11) is 1.54. The monoisotopic (exact) mass is 481 g/mol. The van der Waals surface area contributed by atoms with Crippen molar-refractivity contribution in [1.29, 1.82) is 5.41 Å². The molecule has 182 valence electrons. The van der Waals surface area contributed by atoms with Crippen LogP contribution in [0, 0.1) is 5.41 Å². The van der Waals surface area contributed by atoms with E-state index in [-0.39, 0.29) is 18.1 Å². The van der Waals surface area contributed by atoms with Gasteiger partial charge >= 0.3 is 0 Å². The molecule has 3 N–H and O–H groups in total. The van der Waals surface area contributed by atoms with E-state index >= 15 is 0 Å². The highest BCUT2D eigenvalue weighted by atomic mass is 16.5. The predicted octanol–water partition coefficient (Wildman–Crippen LogP) is 5.30. The number of benzene rings is 3. The van der Waals surface area contributed by atoms with Crippen LogP contribution in [0.1, 0.15) is 39.5 Å². The molecular formula is C29H27N3O4. The summed E-state index contributed by atoms with van der Waals surface area (Å²) in [6.45, 7) is 0.324. The second-order valence-corrected chi connectivity index (χ2v) is 8.15. The third-order valence-corrected chi connectivity index (χ3v) is 5.70. The third kappa shape index (κ3) is 6.07. The summed E-state index contributed by atoms with van der Waals surface area (Å²) in [4.78, 5) is 17.4. The standard InChI is InChI=1S/C29H27N3O4/c1-35-27-14-13-21(16-28(27)36-19-20-8-3-2-4-9-20)29(34)32-25(23-11-5-6-12-26(23)33)17-24(30)22-10-7-15-31-18-22/h2-16,18,25,30,33H,17,19H2,1H3,(H,32,34). The Kier molecular flexibility index (Phi) is 7.93. The van der Waals surface area contributed by atoms with Crippen molar-refractivity contribution in [3.8, 4) is 17.2 Å². The summed E-state index contributed by atoms with van der Waals surface area (Å²) in [5.74, 6) is 0.632. The molecule has 1 aromatic heterocycles. The van der Waals surface area contributed by atoms with E-state index in [1.807, 2.05) is 30.3 Å². The van der Waals surface area contributed by atoms with Crippen molar-refractivity contribution >= 4 is 11.6 Å². The van der Waals surface area contributed by atoms with E-state index in [0.29, 0.717) is 40.5 Å². The number of para-hydroxylation sites is 1. The number of aromatic hydroxyl groups is 1. The van der Waals surface area contributed by atoms with Crippen LogP contribution in [-0.2, 0) is 6.61 Å². The van der Waals surface area contributed by atoms with Gasteiger partial charge in [-0.05, 0) is 35.9 Å². The van der Waals surface area contributed by atoms with E-state index < -0.39 is 6.04 Å². The van der Waals surface area contributed by atoms with Gasteiger partial charge in [-0.15, -0.1) is 0 Å². The smallest absolute Gasteiger partial charge is 0.251 e. The molecule has 0 spiro atoms. The fraction of sp³-hybridized carbons (Fsp3) is 0.138. The molecule has 0 radical (unpaired) electrons. The highest BCUT2D eigenvalue weighted by molar-refractivity contribution is 5.99. The van der Waals surface area contributed by atoms with Crippen LogP contribution >= 0.6 is 0 Å². The first-order valence-corrected chi connectivity index (χ1v) is 11.5. The predicted molar refractivity (Wildman–Crippen MR) is 138 cm³/mol. The quantitative estimate of drug-likeness (QED) is 0.267. The molecule has 1 heterocycles. The number of nitrogens with one attached hydrogen (secondary N) is 2. The molecule has 0 aliphatic carbocycles. The number of methoxy groups -OCH3 is 1. The minimum Gasteiger partial charge on any atom is -0.508 e. The van der Waals surface area contributed by atoms with E-state index in [1.165, 1.54) is 0 Å². The van der Waals surface area contributed by atoms with Gasteiger partial charge in [0, 0.05) is 41.2 Å². The van der Waals surface area contributed by atoms with Crippen LogP contribution in [0.4, 0.5) is 0 Å². The maximum Gasteiger partial charge on any atom is 0.251 e. The van der Waals surface area contributed by atoms with E-state index in [1.54, 1.807) is 74.1 Å². The van der Waals surface area contributed by atoms with Crippen molar-refractivity contribution in [1.82, 2.24) is 10.3 Å². The Morgan fingerprint density at radius 2 is 1.75 bits per heavy atom. The summed E-state index contributed by atoms with van der Waals surface area (Å²) < 4.78 is 11.4. The molecular weight excluding hydrogens is 454 g/mol. The largest absolute Gasteiger partial charge is 0.508 e. The Morgan fingerprint density at radius 1 is 0.972 bits per heavy atom. The summed E-state index contributed by atoms with van der Waals surface area (Å²) in [5, 5.41) is 22.0. The van der Waals surface area contributed by atoms with Crippen LogP contribution in [0.2, 0.25) is 0 Å². The van der Waals surface area contributed by atoms with Crippen molar-refractivity contribution in [2.75, 3.05) is 7.11 Å². The molecule has 3 aromatic carbocycles. The van der Waals surface area contributed by atoms with Crippen molar-refractivity contribution < 1.29 is 19.4 Å². The molecule has 0 aliphatic heterocycles. The number of hydrogen-bond donors (Lipinski definition) is 3. The molecule has 4 aromatic rings. The van der Waals surface area contributed by atoms with E-state index in [4.69, 9.17) is 14.9 Å². The molecule has 7 heteroatoms. The maximum absolute atomic E-state index is 13.3. The van der Waals surface area contributed by atoms with Crippen molar-refractivity contribution in [2.24, 2.45) is 0 Å². The summed E-state index contributed by atoms with van der Waals surface area (Å²) in [6.07, 6.45) is 3.41. The number of ether oxygens (including phenoxy) is 2. The van der Waals surface area contributed by atoms with Crippen molar-refractivity contribution in [3.63, 3.8) is 0 Å². The summed E-state index contributed by atoms with van der Waals surface area (Å²) in [5.41, 5.74) is 2.81. The lowest BCUT2D eigenvalue weighted by molar-refractivity contribution is 0.0937. The zero-order chi connectivity index (χ0) is 25.3. The van der Waals surface area contributed by atoms with Crippen LogP contribution < -0.4 is 14.8 Å². The third-order valence-electron chi connectivity index (χ3n) is 5.70. The van der Waals surface area contributed by atoms with Gasteiger partial charge in [-0.1, -0.05) is 54.6 Å². The molecule has 0 bridgehead atoms. The molecule has 4 rings (SSSR count). The SMILES string of the molecule is COc1ccc(C(=O)NC(CC(=N)c2cccnc2)c2ccccc2O)cc1OCc1ccccc1. The lowest BCUT2D eigenvalue weighted by atomic mass is 9.97.